The summed E-state index contributed by atoms with van der Waals surface area (Å²) < 4.78 is 26.2. The molecule has 0 spiro atoms. The third-order valence-corrected chi connectivity index (χ3v) is 5.73. The Hall–Kier alpha value is -2.58. The number of hydrogen-bond donors (Lipinski definition) is 2. The van der Waals surface area contributed by atoms with Gasteiger partial charge in [-0.25, -0.2) is 8.42 Å². The van der Waals surface area contributed by atoms with E-state index in [-0.39, 0.29) is 23.6 Å². The van der Waals surface area contributed by atoms with Gasteiger partial charge in [0.05, 0.1) is 23.2 Å². The molecule has 1 atom stereocenters. The van der Waals surface area contributed by atoms with Crippen LogP contribution in [0.2, 0.25) is 5.02 Å². The number of nitrogens with one attached hydrogen (secondary N) is 2. The summed E-state index contributed by atoms with van der Waals surface area (Å²) in [6.45, 7) is 7.28. The van der Waals surface area contributed by atoms with E-state index in [1.54, 1.807) is 49.4 Å². The van der Waals surface area contributed by atoms with E-state index >= 15 is 0 Å². The first-order chi connectivity index (χ1) is 14.3. The van der Waals surface area contributed by atoms with Crippen molar-refractivity contribution < 1.29 is 18.0 Å². The van der Waals surface area contributed by atoms with Crippen LogP contribution in [0, 0.1) is 0 Å². The molecular formula is C22H28ClN3O4S. The third-order valence-electron chi connectivity index (χ3n) is 4.31. The number of rotatable bonds is 7. The fraction of sp³-hybridized carbons (Fsp3) is 0.364. The molecule has 0 bridgehead atoms. The Morgan fingerprint density at radius 1 is 1.10 bits per heavy atom. The van der Waals surface area contributed by atoms with Gasteiger partial charge in [0.1, 0.15) is 6.04 Å². The average molecular weight is 466 g/mol. The first-order valence-corrected chi connectivity index (χ1v) is 12.0. The lowest BCUT2D eigenvalue weighted by Gasteiger charge is -2.30. The zero-order valence-corrected chi connectivity index (χ0v) is 19.8. The second-order valence-electron chi connectivity index (χ2n) is 8.20. The molecule has 2 amide bonds. The maximum Gasteiger partial charge on any atom is 0.253 e. The average Bonchev–Trinajstić information content (AvgIpc) is 2.63. The minimum Gasteiger partial charge on any atom is -0.347 e. The van der Waals surface area contributed by atoms with Crippen LogP contribution in [0.4, 0.5) is 11.4 Å². The summed E-state index contributed by atoms with van der Waals surface area (Å²) in [6.07, 6.45) is 1.25. The molecule has 2 N–H and O–H groups in total. The van der Waals surface area contributed by atoms with E-state index in [0.29, 0.717) is 10.7 Å². The highest BCUT2D eigenvalue weighted by Gasteiger charge is 2.32. The fourth-order valence-electron chi connectivity index (χ4n) is 3.09. The molecule has 0 saturated carbocycles. The van der Waals surface area contributed by atoms with Gasteiger partial charge in [0.15, 0.2) is 0 Å². The van der Waals surface area contributed by atoms with E-state index in [0.717, 1.165) is 10.6 Å². The summed E-state index contributed by atoms with van der Waals surface area (Å²) in [5.74, 6) is -0.893. The Morgan fingerprint density at radius 2 is 1.74 bits per heavy atom. The summed E-state index contributed by atoms with van der Waals surface area (Å²) in [5, 5.41) is 5.94. The zero-order chi connectivity index (χ0) is 23.4. The van der Waals surface area contributed by atoms with Crippen molar-refractivity contribution in [1.29, 1.82) is 0 Å². The normalized spacial score (nSPS) is 12.7. The Morgan fingerprint density at radius 3 is 2.29 bits per heavy atom. The smallest absolute Gasteiger partial charge is 0.253 e. The molecule has 7 nitrogen and oxygen atoms in total. The molecule has 168 valence electrons. The first-order valence-electron chi connectivity index (χ1n) is 9.81. The van der Waals surface area contributed by atoms with Crippen LogP contribution >= 0.6 is 11.6 Å². The molecule has 0 radical (unpaired) electrons. The minimum atomic E-state index is -3.80. The van der Waals surface area contributed by atoms with Crippen molar-refractivity contribution in [2.24, 2.45) is 0 Å². The summed E-state index contributed by atoms with van der Waals surface area (Å²) in [6, 6.07) is 11.9. The van der Waals surface area contributed by atoms with E-state index in [1.807, 2.05) is 20.8 Å². The van der Waals surface area contributed by atoms with Gasteiger partial charge in [-0.1, -0.05) is 36.7 Å². The molecule has 0 aliphatic rings. The molecule has 2 aromatic rings. The van der Waals surface area contributed by atoms with Crippen LogP contribution in [0.15, 0.2) is 48.5 Å². The number of halogens is 1. The topological polar surface area (TPSA) is 95.6 Å². The van der Waals surface area contributed by atoms with Gasteiger partial charge in [-0.3, -0.25) is 13.9 Å². The molecule has 31 heavy (non-hydrogen) atoms. The highest BCUT2D eigenvalue weighted by Crippen LogP contribution is 2.26. The number of carbonyl (C=O) groups excluding carboxylic acids is 2. The highest BCUT2D eigenvalue weighted by molar-refractivity contribution is 7.92. The van der Waals surface area contributed by atoms with Crippen molar-refractivity contribution in [1.82, 2.24) is 5.32 Å². The number of hydrogen-bond acceptors (Lipinski definition) is 4. The lowest BCUT2D eigenvalue weighted by Crippen LogP contribution is -2.47. The Bertz CT molecular complexity index is 1060. The molecule has 0 saturated heterocycles. The van der Waals surface area contributed by atoms with Gasteiger partial charge >= 0.3 is 0 Å². The van der Waals surface area contributed by atoms with E-state index in [4.69, 9.17) is 11.6 Å². The molecule has 9 heteroatoms. The molecule has 0 heterocycles. The lowest BCUT2D eigenvalue weighted by atomic mass is 10.1. The van der Waals surface area contributed by atoms with Gasteiger partial charge < -0.3 is 10.6 Å². The molecule has 0 aliphatic carbocycles. The van der Waals surface area contributed by atoms with Crippen LogP contribution in [0.3, 0.4) is 0 Å². The number of benzene rings is 2. The van der Waals surface area contributed by atoms with Crippen LogP contribution in [-0.4, -0.2) is 38.1 Å². The Kier molecular flexibility index (Phi) is 7.72. The van der Waals surface area contributed by atoms with Crippen molar-refractivity contribution >= 4 is 44.8 Å². The second kappa shape index (κ2) is 9.70. The van der Waals surface area contributed by atoms with Crippen molar-refractivity contribution in [2.75, 3.05) is 15.9 Å². The molecule has 2 aromatic carbocycles. The highest BCUT2D eigenvalue weighted by atomic mass is 35.5. The largest absolute Gasteiger partial charge is 0.347 e. The summed E-state index contributed by atoms with van der Waals surface area (Å²) >= 11 is 6.04. The number of para-hydroxylation sites is 1. The molecular weight excluding hydrogens is 438 g/mol. The SMILES string of the molecule is CC[C@H](C(=O)Nc1ccccc1C(=O)NC(C)(C)C)N(c1cccc(Cl)c1)S(C)(=O)=O. The predicted octanol–water partition coefficient (Wildman–Crippen LogP) is 4.05. The van der Waals surface area contributed by atoms with Gasteiger partial charge in [-0.15, -0.1) is 0 Å². The minimum absolute atomic E-state index is 0.210. The summed E-state index contributed by atoms with van der Waals surface area (Å²) in [7, 11) is -3.80. The monoisotopic (exact) mass is 465 g/mol. The predicted molar refractivity (Wildman–Crippen MR) is 125 cm³/mol. The molecule has 0 fully saturated rings. The van der Waals surface area contributed by atoms with Crippen molar-refractivity contribution in [3.63, 3.8) is 0 Å². The molecule has 0 aliphatic heterocycles. The van der Waals surface area contributed by atoms with Crippen LogP contribution in [-0.2, 0) is 14.8 Å². The standard InChI is InChI=1S/C22H28ClN3O4S/c1-6-19(26(31(5,29)30)16-11-9-10-15(23)14-16)21(28)24-18-13-8-7-12-17(18)20(27)25-22(2,3)4/h7-14,19H,6H2,1-5H3,(H,24,28)(H,25,27)/t19-/m1/s1. The maximum atomic E-state index is 13.2. The van der Waals surface area contributed by atoms with E-state index < -0.39 is 27.5 Å². The summed E-state index contributed by atoms with van der Waals surface area (Å²) in [5.41, 5.74) is 0.414. The first kappa shape index (κ1) is 24.7. The fourth-order valence-corrected chi connectivity index (χ4v) is 4.48. The van der Waals surface area contributed by atoms with Crippen molar-refractivity contribution in [3.8, 4) is 0 Å². The van der Waals surface area contributed by atoms with Crippen LogP contribution in [0.1, 0.15) is 44.5 Å². The van der Waals surface area contributed by atoms with Gasteiger partial charge in [0.25, 0.3) is 5.91 Å². The number of sulfonamides is 1. The summed E-state index contributed by atoms with van der Waals surface area (Å²) in [4.78, 5) is 25.8. The van der Waals surface area contributed by atoms with Crippen molar-refractivity contribution in [2.45, 2.75) is 45.7 Å². The number of nitrogens with zero attached hydrogens (tertiary/aromatic N) is 1. The van der Waals surface area contributed by atoms with Crippen LogP contribution in [0.5, 0.6) is 0 Å². The van der Waals surface area contributed by atoms with E-state index in [2.05, 4.69) is 10.6 Å². The third kappa shape index (κ3) is 6.70. The van der Waals surface area contributed by atoms with E-state index in [9.17, 15) is 18.0 Å². The van der Waals surface area contributed by atoms with Gasteiger partial charge in [-0.2, -0.15) is 0 Å². The number of carbonyl (C=O) groups is 2. The number of anilines is 2. The molecule has 0 unspecified atom stereocenters. The Labute approximate surface area is 188 Å². The zero-order valence-electron chi connectivity index (χ0n) is 18.3. The Balaban J connectivity index is 2.40. The van der Waals surface area contributed by atoms with Gasteiger partial charge in [0.2, 0.25) is 15.9 Å². The number of amides is 2. The van der Waals surface area contributed by atoms with Crippen LogP contribution < -0.4 is 14.9 Å². The van der Waals surface area contributed by atoms with Gasteiger partial charge in [0, 0.05) is 10.6 Å². The molecule has 0 aromatic heterocycles. The second-order valence-corrected chi connectivity index (χ2v) is 10.5. The van der Waals surface area contributed by atoms with E-state index in [1.165, 1.54) is 6.07 Å². The lowest BCUT2D eigenvalue weighted by molar-refractivity contribution is -0.117. The van der Waals surface area contributed by atoms with Crippen LogP contribution in [0.25, 0.3) is 0 Å². The quantitative estimate of drug-likeness (QED) is 0.644. The van der Waals surface area contributed by atoms with Crippen molar-refractivity contribution in [3.05, 3.63) is 59.1 Å². The van der Waals surface area contributed by atoms with Gasteiger partial charge in [-0.05, 0) is 57.5 Å². The maximum absolute atomic E-state index is 13.2. The molecule has 2 rings (SSSR count).